The second-order valence-corrected chi connectivity index (χ2v) is 4.32. The zero-order valence-electron chi connectivity index (χ0n) is 10.8. The summed E-state index contributed by atoms with van der Waals surface area (Å²) in [5.74, 6) is -0.560. The Bertz CT molecular complexity index is 586. The summed E-state index contributed by atoms with van der Waals surface area (Å²) in [6.07, 6.45) is 1.17. The quantitative estimate of drug-likeness (QED) is 0.676. The number of ether oxygens (including phenoxy) is 1. The lowest BCUT2D eigenvalue weighted by atomic mass is 10.1. The molecule has 0 aliphatic heterocycles. The minimum absolute atomic E-state index is 0.0913. The zero-order chi connectivity index (χ0) is 13.8. The maximum Gasteiger partial charge on any atom is 0.355 e. The van der Waals surface area contributed by atoms with Gasteiger partial charge in [-0.3, -0.25) is 4.79 Å². The van der Waals surface area contributed by atoms with E-state index in [0.717, 1.165) is 5.56 Å². The smallest absolute Gasteiger partial charge is 0.355 e. The average Bonchev–Trinajstić information content (AvgIpc) is 2.89. The molecule has 0 radical (unpaired) electrons. The molecule has 0 fully saturated rings. The predicted molar refractivity (Wildman–Crippen MR) is 71.1 cm³/mol. The number of H-pyrrole nitrogens is 1. The molecule has 0 aliphatic carbocycles. The van der Waals surface area contributed by atoms with Crippen LogP contribution in [0.1, 0.15) is 46.4 Å². The van der Waals surface area contributed by atoms with Gasteiger partial charge in [0.05, 0.1) is 0 Å². The number of aromatic amines is 1. The molecule has 1 aromatic carbocycles. The first-order valence-corrected chi connectivity index (χ1v) is 6.03. The highest BCUT2D eigenvalue weighted by atomic mass is 16.5. The zero-order valence-corrected chi connectivity index (χ0v) is 10.8. The number of nitrogens with one attached hydrogen (secondary N) is 1. The largest absolute Gasteiger partial charge is 0.453 e. The van der Waals surface area contributed by atoms with Crippen LogP contribution in [0, 0.1) is 0 Å². The van der Waals surface area contributed by atoms with E-state index in [4.69, 9.17) is 4.74 Å². The minimum atomic E-state index is -0.469. The standard InChI is InChI=1S/C15H15NO3/c1-10(17)13-8-14(16-9-13)15(18)19-11(2)12-6-4-3-5-7-12/h3-9,11,16H,1-2H3/t11-/m0/s1. The number of hydrogen-bond donors (Lipinski definition) is 1. The number of rotatable bonds is 4. The molecule has 19 heavy (non-hydrogen) atoms. The molecular weight excluding hydrogens is 242 g/mol. The molecule has 4 heteroatoms. The molecule has 2 aromatic rings. The van der Waals surface area contributed by atoms with E-state index in [-0.39, 0.29) is 17.6 Å². The summed E-state index contributed by atoms with van der Waals surface area (Å²) < 4.78 is 5.33. The van der Waals surface area contributed by atoms with E-state index in [1.165, 1.54) is 19.2 Å². The Balaban J connectivity index is 2.06. The van der Waals surface area contributed by atoms with Gasteiger partial charge in [0.1, 0.15) is 11.8 Å². The van der Waals surface area contributed by atoms with Gasteiger partial charge >= 0.3 is 5.97 Å². The lowest BCUT2D eigenvalue weighted by molar-refractivity contribution is 0.0331. The summed E-state index contributed by atoms with van der Waals surface area (Å²) in [4.78, 5) is 25.8. The van der Waals surface area contributed by atoms with Crippen molar-refractivity contribution in [2.45, 2.75) is 20.0 Å². The summed E-state index contributed by atoms with van der Waals surface area (Å²) in [6.45, 7) is 3.26. The van der Waals surface area contributed by atoms with Gasteiger partial charge in [-0.15, -0.1) is 0 Å². The van der Waals surface area contributed by atoms with E-state index in [0.29, 0.717) is 5.56 Å². The fourth-order valence-corrected chi connectivity index (χ4v) is 1.73. The van der Waals surface area contributed by atoms with Crippen LogP contribution in [0.3, 0.4) is 0 Å². The number of esters is 1. The molecule has 1 aromatic heterocycles. The lowest BCUT2D eigenvalue weighted by Gasteiger charge is -2.12. The second-order valence-electron chi connectivity index (χ2n) is 4.32. The molecule has 98 valence electrons. The third-order valence-electron chi connectivity index (χ3n) is 2.86. The Labute approximate surface area is 111 Å². The fraction of sp³-hybridized carbons (Fsp3) is 0.200. The molecule has 0 spiro atoms. The predicted octanol–water partition coefficient (Wildman–Crippen LogP) is 3.14. The van der Waals surface area contributed by atoms with Crippen LogP contribution < -0.4 is 0 Å². The van der Waals surface area contributed by atoms with E-state index < -0.39 is 5.97 Å². The maximum atomic E-state index is 11.9. The van der Waals surface area contributed by atoms with Crippen molar-refractivity contribution in [3.8, 4) is 0 Å². The fourth-order valence-electron chi connectivity index (χ4n) is 1.73. The van der Waals surface area contributed by atoms with E-state index >= 15 is 0 Å². The topological polar surface area (TPSA) is 59.2 Å². The molecule has 1 N–H and O–H groups in total. The number of carbonyl (C=O) groups excluding carboxylic acids is 2. The van der Waals surface area contributed by atoms with E-state index in [1.54, 1.807) is 0 Å². The van der Waals surface area contributed by atoms with Crippen LogP contribution in [0.5, 0.6) is 0 Å². The third kappa shape index (κ3) is 3.10. The van der Waals surface area contributed by atoms with Crippen LogP contribution in [-0.2, 0) is 4.74 Å². The Kier molecular flexibility index (Phi) is 3.80. The van der Waals surface area contributed by atoms with Gasteiger partial charge in [-0.05, 0) is 25.5 Å². The molecule has 0 amide bonds. The Hall–Kier alpha value is -2.36. The van der Waals surface area contributed by atoms with Crippen molar-refractivity contribution >= 4 is 11.8 Å². The van der Waals surface area contributed by atoms with Crippen molar-refractivity contribution in [2.24, 2.45) is 0 Å². The number of aromatic nitrogens is 1. The highest BCUT2D eigenvalue weighted by molar-refractivity contribution is 5.97. The summed E-state index contributed by atoms with van der Waals surface area (Å²) in [5, 5.41) is 0. The van der Waals surface area contributed by atoms with Gasteiger partial charge in [0.2, 0.25) is 0 Å². The van der Waals surface area contributed by atoms with Gasteiger partial charge in [0, 0.05) is 11.8 Å². The first-order chi connectivity index (χ1) is 9.08. The molecule has 0 saturated heterocycles. The van der Waals surface area contributed by atoms with Gasteiger partial charge in [-0.2, -0.15) is 0 Å². The van der Waals surface area contributed by atoms with Crippen LogP contribution >= 0.6 is 0 Å². The van der Waals surface area contributed by atoms with Gasteiger partial charge in [0.25, 0.3) is 0 Å². The SMILES string of the molecule is CC(=O)c1c[nH]c(C(=O)O[C@@H](C)c2ccccc2)c1. The van der Waals surface area contributed by atoms with Crippen molar-refractivity contribution in [1.82, 2.24) is 4.98 Å². The summed E-state index contributed by atoms with van der Waals surface area (Å²) in [6, 6.07) is 11.0. The molecule has 0 bridgehead atoms. The van der Waals surface area contributed by atoms with Gasteiger partial charge in [0.15, 0.2) is 5.78 Å². The van der Waals surface area contributed by atoms with Crippen molar-refractivity contribution in [2.75, 3.05) is 0 Å². The van der Waals surface area contributed by atoms with Crippen LogP contribution in [0.15, 0.2) is 42.6 Å². The maximum absolute atomic E-state index is 11.9. The Morgan fingerprint density at radius 2 is 1.89 bits per heavy atom. The molecule has 0 saturated carbocycles. The first-order valence-electron chi connectivity index (χ1n) is 6.03. The molecule has 1 atom stereocenters. The molecule has 1 heterocycles. The number of carbonyl (C=O) groups is 2. The minimum Gasteiger partial charge on any atom is -0.453 e. The number of hydrogen-bond acceptors (Lipinski definition) is 3. The van der Waals surface area contributed by atoms with Crippen LogP contribution in [0.25, 0.3) is 0 Å². The first kappa shape index (κ1) is 13.1. The van der Waals surface area contributed by atoms with Gasteiger partial charge < -0.3 is 9.72 Å². The van der Waals surface area contributed by atoms with Crippen LogP contribution in [-0.4, -0.2) is 16.7 Å². The molecule has 2 rings (SSSR count). The highest BCUT2D eigenvalue weighted by Crippen LogP contribution is 2.18. The monoisotopic (exact) mass is 257 g/mol. The Morgan fingerprint density at radius 1 is 1.21 bits per heavy atom. The average molecular weight is 257 g/mol. The Morgan fingerprint density at radius 3 is 2.47 bits per heavy atom. The molecule has 0 unspecified atom stereocenters. The highest BCUT2D eigenvalue weighted by Gasteiger charge is 2.16. The normalized spacial score (nSPS) is 11.9. The number of benzene rings is 1. The number of Topliss-reactive ketones (excluding diaryl/α,β-unsaturated/α-hetero) is 1. The van der Waals surface area contributed by atoms with Crippen LogP contribution in [0.2, 0.25) is 0 Å². The molecule has 0 aliphatic rings. The second kappa shape index (κ2) is 5.52. The third-order valence-corrected chi connectivity index (χ3v) is 2.86. The van der Waals surface area contributed by atoms with Crippen molar-refractivity contribution in [3.05, 3.63) is 59.4 Å². The number of ketones is 1. The van der Waals surface area contributed by atoms with Crippen molar-refractivity contribution in [3.63, 3.8) is 0 Å². The lowest BCUT2D eigenvalue weighted by Crippen LogP contribution is -2.09. The van der Waals surface area contributed by atoms with Gasteiger partial charge in [-0.1, -0.05) is 30.3 Å². The van der Waals surface area contributed by atoms with E-state index in [9.17, 15) is 9.59 Å². The molecular formula is C15H15NO3. The van der Waals surface area contributed by atoms with Crippen molar-refractivity contribution < 1.29 is 14.3 Å². The van der Waals surface area contributed by atoms with E-state index in [1.807, 2.05) is 37.3 Å². The summed E-state index contributed by atoms with van der Waals surface area (Å²) >= 11 is 0. The summed E-state index contributed by atoms with van der Waals surface area (Å²) in [5.41, 5.74) is 1.68. The van der Waals surface area contributed by atoms with E-state index in [2.05, 4.69) is 4.98 Å². The van der Waals surface area contributed by atoms with Gasteiger partial charge in [-0.25, -0.2) is 4.79 Å². The molecule has 4 nitrogen and oxygen atoms in total. The summed E-state index contributed by atoms with van der Waals surface area (Å²) in [7, 11) is 0. The van der Waals surface area contributed by atoms with Crippen molar-refractivity contribution in [1.29, 1.82) is 0 Å². The van der Waals surface area contributed by atoms with Crippen LogP contribution in [0.4, 0.5) is 0 Å².